The number of hydrogen-bond acceptors (Lipinski definition) is 4. The number of nitrogens with two attached hydrogens (primary N) is 1. The number of nitrogens with zero attached hydrogens (tertiary/aromatic N) is 2. The van der Waals surface area contributed by atoms with Crippen molar-refractivity contribution in [1.82, 2.24) is 4.98 Å². The van der Waals surface area contributed by atoms with Crippen molar-refractivity contribution >= 4 is 17.6 Å². The lowest BCUT2D eigenvalue weighted by atomic mass is 10.2. The molecule has 5 heteroatoms. The second-order valence-corrected chi connectivity index (χ2v) is 3.53. The first kappa shape index (κ1) is 11.3. The molecule has 17 heavy (non-hydrogen) atoms. The van der Waals surface area contributed by atoms with Crippen LogP contribution in [-0.2, 0) is 9.59 Å². The number of aromatic nitrogens is 1. The smallest absolute Gasteiger partial charge is 0.235 e. The van der Waals surface area contributed by atoms with E-state index in [9.17, 15) is 9.59 Å². The van der Waals surface area contributed by atoms with Crippen LogP contribution in [0.25, 0.3) is 0 Å². The van der Waals surface area contributed by atoms with Gasteiger partial charge in [-0.2, -0.15) is 0 Å². The Kier molecular flexibility index (Phi) is 3.17. The summed E-state index contributed by atoms with van der Waals surface area (Å²) in [7, 11) is 0. The lowest BCUT2D eigenvalue weighted by Gasteiger charge is -2.12. The molecular weight excluding hydrogens is 218 g/mol. The summed E-state index contributed by atoms with van der Waals surface area (Å²) in [6.07, 6.45) is 2.02. The molecule has 2 N–H and O–H groups in total. The standard InChI is InChI=1S/C12H11N3O2/c13-6-1-2-9-5-7-14-10(8-9)15-11(16)3-4-12(15)17/h5,7-8H,3-4,6,13H2. The van der Waals surface area contributed by atoms with Gasteiger partial charge in [-0.25, -0.2) is 9.88 Å². The fourth-order valence-corrected chi connectivity index (χ4v) is 1.60. The number of carbonyl (C=O) groups is 2. The van der Waals surface area contributed by atoms with Gasteiger partial charge in [0.05, 0.1) is 6.54 Å². The van der Waals surface area contributed by atoms with Gasteiger partial charge in [-0.1, -0.05) is 11.8 Å². The quantitative estimate of drug-likeness (QED) is 0.545. The average Bonchev–Trinajstić information content (AvgIpc) is 2.67. The van der Waals surface area contributed by atoms with Gasteiger partial charge in [0.1, 0.15) is 5.82 Å². The molecule has 0 saturated carbocycles. The summed E-state index contributed by atoms with van der Waals surface area (Å²) >= 11 is 0. The van der Waals surface area contributed by atoms with Crippen LogP contribution in [-0.4, -0.2) is 23.3 Å². The molecule has 5 nitrogen and oxygen atoms in total. The third-order valence-electron chi connectivity index (χ3n) is 2.36. The zero-order chi connectivity index (χ0) is 12.3. The molecule has 1 aromatic rings. The third kappa shape index (κ3) is 2.32. The number of imide groups is 1. The molecule has 0 aromatic carbocycles. The minimum absolute atomic E-state index is 0.216. The summed E-state index contributed by atoms with van der Waals surface area (Å²) in [5.41, 5.74) is 5.96. The van der Waals surface area contributed by atoms with Crippen LogP contribution in [0, 0.1) is 11.8 Å². The Hall–Kier alpha value is -2.19. The molecule has 1 aliphatic rings. The normalized spacial score (nSPS) is 14.8. The first-order valence-electron chi connectivity index (χ1n) is 5.23. The van der Waals surface area contributed by atoms with Crippen LogP contribution in [0.1, 0.15) is 18.4 Å². The van der Waals surface area contributed by atoms with Crippen LogP contribution in [0.3, 0.4) is 0 Å². The van der Waals surface area contributed by atoms with E-state index in [2.05, 4.69) is 16.8 Å². The predicted octanol–water partition coefficient (Wildman–Crippen LogP) is 0.0452. The Bertz CT molecular complexity index is 512. The predicted molar refractivity (Wildman–Crippen MR) is 61.9 cm³/mol. The minimum atomic E-state index is -0.216. The van der Waals surface area contributed by atoms with Crippen LogP contribution >= 0.6 is 0 Å². The van der Waals surface area contributed by atoms with Gasteiger partial charge >= 0.3 is 0 Å². The molecule has 1 saturated heterocycles. The van der Waals surface area contributed by atoms with Crippen LogP contribution in [0.4, 0.5) is 5.82 Å². The monoisotopic (exact) mass is 229 g/mol. The van der Waals surface area contributed by atoms with Gasteiger partial charge in [-0.15, -0.1) is 0 Å². The highest BCUT2D eigenvalue weighted by molar-refractivity contribution is 6.19. The van der Waals surface area contributed by atoms with E-state index in [1.54, 1.807) is 12.1 Å². The van der Waals surface area contributed by atoms with Crippen molar-refractivity contribution in [3.8, 4) is 11.8 Å². The molecular formula is C12H11N3O2. The number of carbonyl (C=O) groups excluding carboxylic acids is 2. The maximum absolute atomic E-state index is 11.5. The second kappa shape index (κ2) is 4.76. The molecule has 2 amide bonds. The van der Waals surface area contributed by atoms with E-state index in [-0.39, 0.29) is 31.2 Å². The Labute approximate surface area is 98.6 Å². The number of rotatable bonds is 1. The largest absolute Gasteiger partial charge is 0.320 e. The van der Waals surface area contributed by atoms with Crippen molar-refractivity contribution in [1.29, 1.82) is 0 Å². The van der Waals surface area contributed by atoms with Crippen molar-refractivity contribution in [2.45, 2.75) is 12.8 Å². The Balaban J connectivity index is 2.33. The van der Waals surface area contributed by atoms with Crippen LogP contribution in [0.15, 0.2) is 18.3 Å². The van der Waals surface area contributed by atoms with Gasteiger partial charge < -0.3 is 5.73 Å². The Morgan fingerprint density at radius 2 is 2.06 bits per heavy atom. The SMILES string of the molecule is NCC#Cc1ccnc(N2C(=O)CCC2=O)c1. The molecule has 0 aliphatic carbocycles. The summed E-state index contributed by atoms with van der Waals surface area (Å²) in [4.78, 5) is 28.2. The van der Waals surface area contributed by atoms with E-state index in [0.717, 1.165) is 4.90 Å². The van der Waals surface area contributed by atoms with E-state index >= 15 is 0 Å². The summed E-state index contributed by atoms with van der Waals surface area (Å²) in [6.45, 7) is 0.263. The molecule has 1 aliphatic heterocycles. The summed E-state index contributed by atoms with van der Waals surface area (Å²) in [6, 6.07) is 3.32. The van der Waals surface area contributed by atoms with Crippen LogP contribution in [0.5, 0.6) is 0 Å². The fourth-order valence-electron chi connectivity index (χ4n) is 1.60. The Morgan fingerprint density at radius 1 is 1.35 bits per heavy atom. The molecule has 0 bridgehead atoms. The minimum Gasteiger partial charge on any atom is -0.320 e. The summed E-state index contributed by atoms with van der Waals surface area (Å²) in [5.74, 6) is 5.44. The summed E-state index contributed by atoms with van der Waals surface area (Å²) in [5, 5.41) is 0. The van der Waals surface area contributed by atoms with Crippen LogP contribution in [0.2, 0.25) is 0 Å². The van der Waals surface area contributed by atoms with Crippen molar-refractivity contribution < 1.29 is 9.59 Å². The highest BCUT2D eigenvalue weighted by atomic mass is 16.2. The number of hydrogen-bond donors (Lipinski definition) is 1. The third-order valence-corrected chi connectivity index (χ3v) is 2.36. The van der Waals surface area contributed by atoms with E-state index in [0.29, 0.717) is 11.4 Å². The van der Waals surface area contributed by atoms with Gasteiger partial charge in [-0.05, 0) is 12.1 Å². The first-order valence-corrected chi connectivity index (χ1v) is 5.23. The average molecular weight is 229 g/mol. The molecule has 1 aromatic heterocycles. The lowest BCUT2D eigenvalue weighted by molar-refractivity contribution is -0.121. The number of pyridine rings is 1. The topological polar surface area (TPSA) is 76.3 Å². The van der Waals surface area contributed by atoms with E-state index in [1.807, 2.05) is 0 Å². The van der Waals surface area contributed by atoms with Crippen molar-refractivity contribution in [3.05, 3.63) is 23.9 Å². The van der Waals surface area contributed by atoms with Crippen molar-refractivity contribution in [2.24, 2.45) is 5.73 Å². The fraction of sp³-hybridized carbons (Fsp3) is 0.250. The zero-order valence-electron chi connectivity index (χ0n) is 9.14. The highest BCUT2D eigenvalue weighted by Gasteiger charge is 2.31. The molecule has 86 valence electrons. The summed E-state index contributed by atoms with van der Waals surface area (Å²) < 4.78 is 0. The van der Waals surface area contributed by atoms with Gasteiger partial charge in [-0.3, -0.25) is 9.59 Å². The zero-order valence-corrected chi connectivity index (χ0v) is 9.14. The van der Waals surface area contributed by atoms with Gasteiger partial charge in [0, 0.05) is 24.6 Å². The van der Waals surface area contributed by atoms with Gasteiger partial charge in [0.2, 0.25) is 11.8 Å². The molecule has 0 unspecified atom stereocenters. The van der Waals surface area contributed by atoms with E-state index in [1.165, 1.54) is 6.20 Å². The van der Waals surface area contributed by atoms with Crippen molar-refractivity contribution in [2.75, 3.05) is 11.4 Å². The molecule has 0 spiro atoms. The maximum atomic E-state index is 11.5. The molecule has 0 radical (unpaired) electrons. The lowest BCUT2D eigenvalue weighted by Crippen LogP contribution is -2.29. The maximum Gasteiger partial charge on any atom is 0.235 e. The van der Waals surface area contributed by atoms with E-state index in [4.69, 9.17) is 5.73 Å². The van der Waals surface area contributed by atoms with Crippen LogP contribution < -0.4 is 10.6 Å². The molecule has 1 fully saturated rings. The first-order chi connectivity index (χ1) is 8.22. The molecule has 2 heterocycles. The molecule has 0 atom stereocenters. The number of amides is 2. The highest BCUT2D eigenvalue weighted by Crippen LogP contribution is 2.20. The van der Waals surface area contributed by atoms with Gasteiger partial charge in [0.25, 0.3) is 0 Å². The Morgan fingerprint density at radius 3 is 2.71 bits per heavy atom. The number of anilines is 1. The second-order valence-electron chi connectivity index (χ2n) is 3.53. The molecule has 2 rings (SSSR count). The van der Waals surface area contributed by atoms with Gasteiger partial charge in [0.15, 0.2) is 0 Å². The van der Waals surface area contributed by atoms with E-state index < -0.39 is 0 Å². The van der Waals surface area contributed by atoms with Crippen molar-refractivity contribution in [3.63, 3.8) is 0 Å².